The molecule has 3 N–H and O–H groups in total. The lowest BCUT2D eigenvalue weighted by Gasteiger charge is -2.32. The van der Waals surface area contributed by atoms with Crippen molar-refractivity contribution >= 4 is 29.3 Å². The van der Waals surface area contributed by atoms with Crippen LogP contribution in [0.3, 0.4) is 0 Å². The summed E-state index contributed by atoms with van der Waals surface area (Å²) in [7, 11) is 0. The van der Waals surface area contributed by atoms with Crippen molar-refractivity contribution in [3.63, 3.8) is 0 Å². The molecule has 2 aromatic carbocycles. The van der Waals surface area contributed by atoms with E-state index in [0.29, 0.717) is 16.1 Å². The van der Waals surface area contributed by atoms with E-state index in [1.54, 1.807) is 36.4 Å². The first-order valence-corrected chi connectivity index (χ1v) is 11.7. The fourth-order valence-electron chi connectivity index (χ4n) is 4.50. The molecular weight excluding hydrogens is 440 g/mol. The molecule has 0 spiro atoms. The number of carbonyl (C=O) groups excluding carboxylic acids is 3. The molecule has 0 radical (unpaired) electrons. The highest BCUT2D eigenvalue weighted by Crippen LogP contribution is 2.24. The van der Waals surface area contributed by atoms with Crippen molar-refractivity contribution in [3.8, 4) is 0 Å². The van der Waals surface area contributed by atoms with E-state index in [0.717, 1.165) is 31.2 Å². The van der Waals surface area contributed by atoms with Gasteiger partial charge in [0.1, 0.15) is 0 Å². The zero-order chi connectivity index (χ0) is 23.5. The maximum absolute atomic E-state index is 13.4. The van der Waals surface area contributed by atoms with E-state index < -0.39 is 6.17 Å². The van der Waals surface area contributed by atoms with Crippen LogP contribution in [0.2, 0.25) is 5.02 Å². The van der Waals surface area contributed by atoms with Crippen molar-refractivity contribution in [2.45, 2.75) is 50.9 Å². The molecular formula is C25H29ClN4O3. The van der Waals surface area contributed by atoms with Gasteiger partial charge in [-0.2, -0.15) is 0 Å². The second-order valence-corrected chi connectivity index (χ2v) is 9.30. The Balaban J connectivity index is 1.59. The fraction of sp³-hybridized carbons (Fsp3) is 0.400. The summed E-state index contributed by atoms with van der Waals surface area (Å²) in [5.74, 6) is -0.917. The van der Waals surface area contributed by atoms with Crippen LogP contribution in [0.1, 0.15) is 52.0 Å². The Labute approximate surface area is 198 Å². The van der Waals surface area contributed by atoms with Gasteiger partial charge in [0.25, 0.3) is 17.7 Å². The van der Waals surface area contributed by atoms with Crippen LogP contribution in [0.5, 0.6) is 0 Å². The summed E-state index contributed by atoms with van der Waals surface area (Å²) in [4.78, 5) is 43.0. The number of aryl methyl sites for hydroxylation is 1. The van der Waals surface area contributed by atoms with E-state index in [1.807, 2.05) is 19.1 Å². The van der Waals surface area contributed by atoms with Gasteiger partial charge in [-0.25, -0.2) is 0 Å². The minimum absolute atomic E-state index is 0.0123. The Morgan fingerprint density at radius 3 is 1.85 bits per heavy atom. The highest BCUT2D eigenvalue weighted by molar-refractivity contribution is 6.30. The first-order valence-electron chi connectivity index (χ1n) is 11.3. The SMILES string of the molecule is Cc1ccc(C(=O)N2CCN(C(=O)c3ccc(Cl)cc3)C2C(=O)NC2CCC(N)CC2)cc1. The standard InChI is InChI=1S/C25H29ClN4O3/c1-16-2-4-17(5-3-16)24(32)29-14-15-30(25(33)18-6-8-19(26)9-7-18)23(29)22(31)28-21-12-10-20(27)11-13-21/h2-9,20-21,23H,10-15,27H2,1H3,(H,28,31). The molecule has 1 atom stereocenters. The number of halogens is 1. The van der Waals surface area contributed by atoms with Crippen molar-refractivity contribution in [1.29, 1.82) is 0 Å². The van der Waals surface area contributed by atoms with Crippen molar-refractivity contribution in [3.05, 3.63) is 70.2 Å². The van der Waals surface area contributed by atoms with Gasteiger partial charge in [0.05, 0.1) is 0 Å². The maximum Gasteiger partial charge on any atom is 0.264 e. The van der Waals surface area contributed by atoms with E-state index in [9.17, 15) is 14.4 Å². The summed E-state index contributed by atoms with van der Waals surface area (Å²) in [6, 6.07) is 13.9. The number of amides is 3. The summed E-state index contributed by atoms with van der Waals surface area (Å²) in [6.07, 6.45) is 2.25. The zero-order valence-electron chi connectivity index (χ0n) is 18.7. The maximum atomic E-state index is 13.4. The lowest BCUT2D eigenvalue weighted by atomic mass is 9.92. The molecule has 1 aliphatic carbocycles. The van der Waals surface area contributed by atoms with Gasteiger partial charge < -0.3 is 20.9 Å². The van der Waals surface area contributed by atoms with Crippen LogP contribution in [0.25, 0.3) is 0 Å². The first kappa shape index (κ1) is 23.3. The predicted molar refractivity (Wildman–Crippen MR) is 127 cm³/mol. The molecule has 1 heterocycles. The molecule has 8 heteroatoms. The number of benzene rings is 2. The van der Waals surface area contributed by atoms with E-state index in [4.69, 9.17) is 17.3 Å². The normalized spacial score (nSPS) is 22.8. The first-order chi connectivity index (χ1) is 15.8. The summed E-state index contributed by atoms with van der Waals surface area (Å²) in [5, 5.41) is 3.59. The van der Waals surface area contributed by atoms with E-state index >= 15 is 0 Å². The topological polar surface area (TPSA) is 95.7 Å². The van der Waals surface area contributed by atoms with Gasteiger partial charge in [-0.3, -0.25) is 14.4 Å². The van der Waals surface area contributed by atoms with Crippen LogP contribution in [0, 0.1) is 6.92 Å². The summed E-state index contributed by atoms with van der Waals surface area (Å²) >= 11 is 5.97. The average Bonchev–Trinajstić information content (AvgIpc) is 3.26. The van der Waals surface area contributed by atoms with Crippen LogP contribution < -0.4 is 11.1 Å². The molecule has 1 saturated carbocycles. The van der Waals surface area contributed by atoms with Crippen molar-refractivity contribution < 1.29 is 14.4 Å². The predicted octanol–water partition coefficient (Wildman–Crippen LogP) is 2.96. The Morgan fingerprint density at radius 2 is 1.33 bits per heavy atom. The van der Waals surface area contributed by atoms with Crippen LogP contribution >= 0.6 is 11.6 Å². The Hall–Kier alpha value is -2.90. The Morgan fingerprint density at radius 1 is 0.848 bits per heavy atom. The van der Waals surface area contributed by atoms with Crippen LogP contribution in [-0.4, -0.2) is 58.9 Å². The average molecular weight is 469 g/mol. The molecule has 0 aromatic heterocycles. The summed E-state index contributed by atoms with van der Waals surface area (Å²) < 4.78 is 0. The number of hydrogen-bond donors (Lipinski definition) is 2. The molecule has 33 heavy (non-hydrogen) atoms. The second kappa shape index (κ2) is 9.93. The van der Waals surface area contributed by atoms with E-state index in [1.165, 1.54) is 9.80 Å². The van der Waals surface area contributed by atoms with Gasteiger partial charge in [-0.05, 0) is 69.0 Å². The molecule has 2 aliphatic rings. The number of carbonyl (C=O) groups is 3. The molecule has 2 aromatic rings. The van der Waals surface area contributed by atoms with Gasteiger partial charge in [0.15, 0.2) is 6.17 Å². The molecule has 0 bridgehead atoms. The second-order valence-electron chi connectivity index (χ2n) is 8.86. The minimum atomic E-state index is -1.02. The molecule has 7 nitrogen and oxygen atoms in total. The highest BCUT2D eigenvalue weighted by Gasteiger charge is 2.43. The highest BCUT2D eigenvalue weighted by atomic mass is 35.5. The van der Waals surface area contributed by atoms with Crippen molar-refractivity contribution in [2.75, 3.05) is 13.1 Å². The Bertz CT molecular complexity index is 951. The van der Waals surface area contributed by atoms with Crippen molar-refractivity contribution in [1.82, 2.24) is 15.1 Å². The number of nitrogens with zero attached hydrogens (tertiary/aromatic N) is 2. The number of rotatable bonds is 4. The molecule has 2 fully saturated rings. The summed E-state index contributed by atoms with van der Waals surface area (Å²) in [5.41, 5.74) is 7.95. The number of hydrogen-bond acceptors (Lipinski definition) is 4. The lowest BCUT2D eigenvalue weighted by molar-refractivity contribution is -0.129. The van der Waals surface area contributed by atoms with Gasteiger partial charge in [0, 0.05) is 41.3 Å². The van der Waals surface area contributed by atoms with Crippen LogP contribution in [0.15, 0.2) is 48.5 Å². The number of nitrogens with one attached hydrogen (secondary N) is 1. The van der Waals surface area contributed by atoms with Gasteiger partial charge >= 0.3 is 0 Å². The smallest absolute Gasteiger partial charge is 0.264 e. The summed E-state index contributed by atoms with van der Waals surface area (Å²) in [6.45, 7) is 2.50. The van der Waals surface area contributed by atoms with Gasteiger partial charge in [-0.1, -0.05) is 29.3 Å². The molecule has 1 saturated heterocycles. The van der Waals surface area contributed by atoms with Gasteiger partial charge in [0.2, 0.25) is 0 Å². The number of nitrogens with two attached hydrogens (primary N) is 1. The monoisotopic (exact) mass is 468 g/mol. The third-order valence-corrected chi connectivity index (χ3v) is 6.69. The van der Waals surface area contributed by atoms with Crippen LogP contribution in [-0.2, 0) is 4.79 Å². The van der Waals surface area contributed by atoms with Gasteiger partial charge in [-0.15, -0.1) is 0 Å². The minimum Gasteiger partial charge on any atom is -0.350 e. The lowest BCUT2D eigenvalue weighted by Crippen LogP contribution is -2.56. The molecule has 4 rings (SSSR count). The van der Waals surface area contributed by atoms with E-state index in [-0.39, 0.29) is 42.9 Å². The largest absolute Gasteiger partial charge is 0.350 e. The zero-order valence-corrected chi connectivity index (χ0v) is 19.4. The van der Waals surface area contributed by atoms with Crippen molar-refractivity contribution in [2.24, 2.45) is 5.73 Å². The molecule has 1 aliphatic heterocycles. The third kappa shape index (κ3) is 5.20. The molecule has 1 unspecified atom stereocenters. The fourth-order valence-corrected chi connectivity index (χ4v) is 4.62. The third-order valence-electron chi connectivity index (χ3n) is 6.44. The molecule has 3 amide bonds. The van der Waals surface area contributed by atoms with Crippen LogP contribution in [0.4, 0.5) is 0 Å². The van der Waals surface area contributed by atoms with E-state index in [2.05, 4.69) is 5.32 Å². The molecule has 174 valence electrons. The quantitative estimate of drug-likeness (QED) is 0.721. The Kier molecular flexibility index (Phi) is 7.00.